The number of fused-ring (bicyclic) bond motifs is 3. The fourth-order valence-electron chi connectivity index (χ4n) is 3.95. The van der Waals surface area contributed by atoms with Crippen molar-refractivity contribution in [2.45, 2.75) is 0 Å². The largest absolute Gasteiger partial charge is 0.378 e. The van der Waals surface area contributed by atoms with E-state index in [0.29, 0.717) is 0 Å². The molecule has 0 unspecified atom stereocenters. The second-order valence-corrected chi connectivity index (χ2v) is 9.10. The Bertz CT molecular complexity index is 1330. The monoisotopic (exact) mass is 430 g/mol. The number of ether oxygens (including phenoxy) is 1. The second-order valence-electron chi connectivity index (χ2n) is 7.16. The maximum atomic E-state index is 5.53. The third-order valence-corrected chi connectivity index (χ3v) is 7.34. The molecule has 0 atom stereocenters. The van der Waals surface area contributed by atoms with E-state index in [9.17, 15) is 0 Å². The van der Waals surface area contributed by atoms with Crippen LogP contribution in [0.4, 0.5) is 5.82 Å². The minimum Gasteiger partial charge on any atom is -0.378 e. The summed E-state index contributed by atoms with van der Waals surface area (Å²) in [5.41, 5.74) is 4.33. The van der Waals surface area contributed by atoms with Crippen LogP contribution in [0.2, 0.25) is 0 Å². The molecule has 1 fully saturated rings. The Hall–Kier alpha value is -2.87. The lowest BCUT2D eigenvalue weighted by Crippen LogP contribution is -2.36. The van der Waals surface area contributed by atoms with Gasteiger partial charge in [-0.1, -0.05) is 36.4 Å². The van der Waals surface area contributed by atoms with Crippen molar-refractivity contribution in [1.82, 2.24) is 15.0 Å². The molecule has 0 spiro atoms. The summed E-state index contributed by atoms with van der Waals surface area (Å²) in [6.07, 6.45) is 1.68. The van der Waals surface area contributed by atoms with E-state index < -0.39 is 0 Å². The number of thiophene rings is 2. The average molecular weight is 431 g/mol. The molecule has 0 N–H and O–H groups in total. The number of benzene rings is 1. The van der Waals surface area contributed by atoms with Crippen LogP contribution in [0.25, 0.3) is 42.1 Å². The topological polar surface area (TPSA) is 51.1 Å². The Labute approximate surface area is 181 Å². The number of rotatable bonds is 3. The van der Waals surface area contributed by atoms with Gasteiger partial charge in [0.1, 0.15) is 17.0 Å². The van der Waals surface area contributed by atoms with Crippen LogP contribution < -0.4 is 4.90 Å². The molecule has 0 amide bonds. The molecule has 1 aliphatic rings. The van der Waals surface area contributed by atoms with Crippen LogP contribution >= 0.6 is 22.7 Å². The quantitative estimate of drug-likeness (QED) is 0.380. The molecule has 0 radical (unpaired) electrons. The number of anilines is 1. The minimum atomic E-state index is 0.729. The van der Waals surface area contributed by atoms with Crippen molar-refractivity contribution >= 4 is 48.9 Å². The normalized spacial score (nSPS) is 14.6. The fourth-order valence-corrected chi connectivity index (χ4v) is 5.81. The van der Waals surface area contributed by atoms with Crippen molar-refractivity contribution in [3.63, 3.8) is 0 Å². The summed E-state index contributed by atoms with van der Waals surface area (Å²) in [5, 5.41) is 3.20. The van der Waals surface area contributed by atoms with E-state index in [2.05, 4.69) is 57.7 Å². The first-order valence-corrected chi connectivity index (χ1v) is 11.6. The van der Waals surface area contributed by atoms with Gasteiger partial charge in [-0.25, -0.2) is 15.0 Å². The first-order valence-electron chi connectivity index (χ1n) is 9.89. The van der Waals surface area contributed by atoms with Gasteiger partial charge in [-0.2, -0.15) is 0 Å². The van der Waals surface area contributed by atoms with Crippen molar-refractivity contribution in [3.8, 4) is 21.7 Å². The zero-order chi connectivity index (χ0) is 19.9. The van der Waals surface area contributed by atoms with E-state index in [1.54, 1.807) is 29.0 Å². The Morgan fingerprint density at radius 1 is 0.967 bits per heavy atom. The van der Waals surface area contributed by atoms with Crippen molar-refractivity contribution in [1.29, 1.82) is 0 Å². The molecule has 0 aliphatic carbocycles. The molecule has 1 aromatic carbocycles. The molecule has 1 aliphatic heterocycles. The van der Waals surface area contributed by atoms with Crippen LogP contribution in [-0.2, 0) is 4.74 Å². The second kappa shape index (κ2) is 7.43. The maximum absolute atomic E-state index is 5.53. The Morgan fingerprint density at radius 2 is 1.83 bits per heavy atom. The van der Waals surface area contributed by atoms with Crippen LogP contribution in [0.3, 0.4) is 0 Å². The smallest absolute Gasteiger partial charge is 0.150 e. The van der Waals surface area contributed by atoms with Crippen molar-refractivity contribution < 1.29 is 4.74 Å². The lowest BCUT2D eigenvalue weighted by molar-refractivity contribution is 0.122. The van der Waals surface area contributed by atoms with E-state index in [-0.39, 0.29) is 0 Å². The van der Waals surface area contributed by atoms with Gasteiger partial charge in [-0.15, -0.1) is 22.7 Å². The van der Waals surface area contributed by atoms with Gasteiger partial charge in [0.05, 0.1) is 34.0 Å². The van der Waals surface area contributed by atoms with E-state index in [4.69, 9.17) is 14.7 Å². The zero-order valence-electron chi connectivity index (χ0n) is 16.1. The van der Waals surface area contributed by atoms with Gasteiger partial charge in [0.15, 0.2) is 0 Å². The molecule has 5 aromatic rings. The molecule has 4 aromatic heterocycles. The molecule has 6 rings (SSSR count). The lowest BCUT2D eigenvalue weighted by atomic mass is 10.0. The van der Waals surface area contributed by atoms with Crippen LogP contribution in [-0.4, -0.2) is 41.3 Å². The van der Waals surface area contributed by atoms with Gasteiger partial charge >= 0.3 is 0 Å². The molecule has 1 saturated heterocycles. The minimum absolute atomic E-state index is 0.729. The summed E-state index contributed by atoms with van der Waals surface area (Å²) >= 11 is 3.40. The Kier molecular flexibility index (Phi) is 4.44. The SMILES string of the molecule is c1ccc(-c2cc(-c3cccs3)nc3sc4c(N5CCOCC5)ncnc4c23)cc1. The van der Waals surface area contributed by atoms with Gasteiger partial charge < -0.3 is 9.64 Å². The summed E-state index contributed by atoms with van der Waals surface area (Å²) < 4.78 is 6.63. The van der Waals surface area contributed by atoms with Gasteiger partial charge in [0.25, 0.3) is 0 Å². The molecule has 148 valence electrons. The van der Waals surface area contributed by atoms with E-state index >= 15 is 0 Å². The summed E-state index contributed by atoms with van der Waals surface area (Å²) in [4.78, 5) is 18.9. The summed E-state index contributed by atoms with van der Waals surface area (Å²) in [7, 11) is 0. The molecule has 0 saturated carbocycles. The Morgan fingerprint density at radius 3 is 2.63 bits per heavy atom. The van der Waals surface area contributed by atoms with Gasteiger partial charge in [0, 0.05) is 18.5 Å². The van der Waals surface area contributed by atoms with Crippen LogP contribution in [0, 0.1) is 0 Å². The highest BCUT2D eigenvalue weighted by Crippen LogP contribution is 2.43. The number of hydrogen-bond donors (Lipinski definition) is 0. The first kappa shape index (κ1) is 17.9. The molecule has 0 bridgehead atoms. The number of pyridine rings is 1. The molecule has 7 heteroatoms. The third kappa shape index (κ3) is 2.98. The number of morpholine rings is 1. The van der Waals surface area contributed by atoms with Crippen molar-refractivity contribution in [2.24, 2.45) is 0 Å². The summed E-state index contributed by atoms with van der Waals surface area (Å²) in [5.74, 6) is 0.989. The van der Waals surface area contributed by atoms with Crippen molar-refractivity contribution in [2.75, 3.05) is 31.2 Å². The highest BCUT2D eigenvalue weighted by atomic mass is 32.1. The number of nitrogens with zero attached hydrogens (tertiary/aromatic N) is 4. The van der Waals surface area contributed by atoms with Crippen LogP contribution in [0.1, 0.15) is 0 Å². The fraction of sp³-hybridized carbons (Fsp3) is 0.174. The van der Waals surface area contributed by atoms with Crippen LogP contribution in [0.5, 0.6) is 0 Å². The summed E-state index contributed by atoms with van der Waals surface area (Å²) in [6, 6.07) is 16.9. The highest BCUT2D eigenvalue weighted by Gasteiger charge is 2.22. The average Bonchev–Trinajstić information content (AvgIpc) is 3.47. The van der Waals surface area contributed by atoms with E-state index in [1.807, 2.05) is 6.07 Å². The Balaban J connectivity index is 1.65. The standard InChI is InChI=1S/C23H18N4OS2/c1-2-5-15(6-3-1)16-13-17(18-7-4-12-29-18)26-23-19(16)20-21(30-23)22(25-14-24-20)27-8-10-28-11-9-27/h1-7,12-14H,8-11H2. The highest BCUT2D eigenvalue weighted by molar-refractivity contribution is 7.26. The molecule has 5 heterocycles. The first-order chi connectivity index (χ1) is 14.9. The summed E-state index contributed by atoms with van der Waals surface area (Å²) in [6.45, 7) is 3.15. The molecule has 5 nitrogen and oxygen atoms in total. The van der Waals surface area contributed by atoms with Gasteiger partial charge in [0.2, 0.25) is 0 Å². The van der Waals surface area contributed by atoms with E-state index in [1.165, 1.54) is 16.0 Å². The predicted molar refractivity (Wildman–Crippen MR) is 124 cm³/mol. The molecular formula is C23H18N4OS2. The van der Waals surface area contributed by atoms with Gasteiger partial charge in [-0.05, 0) is 28.6 Å². The third-order valence-electron chi connectivity index (χ3n) is 5.38. The molecule has 30 heavy (non-hydrogen) atoms. The van der Waals surface area contributed by atoms with Gasteiger partial charge in [-0.3, -0.25) is 0 Å². The van der Waals surface area contributed by atoms with E-state index in [0.717, 1.165) is 58.2 Å². The maximum Gasteiger partial charge on any atom is 0.150 e. The van der Waals surface area contributed by atoms with Crippen molar-refractivity contribution in [3.05, 3.63) is 60.2 Å². The predicted octanol–water partition coefficient (Wildman–Crippen LogP) is 5.47. The lowest BCUT2D eigenvalue weighted by Gasteiger charge is -2.27. The van der Waals surface area contributed by atoms with Crippen LogP contribution in [0.15, 0.2) is 60.2 Å². The number of aromatic nitrogens is 3. The molecular weight excluding hydrogens is 412 g/mol. The number of hydrogen-bond acceptors (Lipinski definition) is 7. The zero-order valence-corrected chi connectivity index (χ0v) is 17.7.